The van der Waals surface area contributed by atoms with Crippen molar-refractivity contribution >= 4 is 16.9 Å². The number of carbonyl (C=O) groups is 1. The summed E-state index contributed by atoms with van der Waals surface area (Å²) in [4.78, 5) is 15.7. The van der Waals surface area contributed by atoms with E-state index in [1.807, 2.05) is 4.90 Å². The number of nitriles is 1. The van der Waals surface area contributed by atoms with Crippen molar-refractivity contribution in [1.29, 1.82) is 5.26 Å². The van der Waals surface area contributed by atoms with Crippen molar-refractivity contribution < 1.29 is 27.5 Å². The summed E-state index contributed by atoms with van der Waals surface area (Å²) in [6.45, 7) is 2.71. The highest BCUT2D eigenvalue weighted by Gasteiger charge is 2.42. The lowest BCUT2D eigenvalue weighted by Crippen LogP contribution is -2.50. The van der Waals surface area contributed by atoms with Crippen LogP contribution in [0.5, 0.6) is 0 Å². The molecule has 2 aliphatic rings. The first-order chi connectivity index (χ1) is 20.9. The number of hydrogen-bond acceptors (Lipinski definition) is 6. The van der Waals surface area contributed by atoms with E-state index in [2.05, 4.69) is 10.3 Å². The molecule has 4 aromatic rings. The molecule has 3 heterocycles. The minimum Gasteiger partial charge on any atom is -0.389 e. The van der Waals surface area contributed by atoms with Gasteiger partial charge >= 0.3 is 0 Å². The molecule has 3 N–H and O–H groups in total. The molecule has 1 amide bonds. The molecule has 6 rings (SSSR count). The van der Waals surface area contributed by atoms with Gasteiger partial charge in [0.05, 0.1) is 23.3 Å². The van der Waals surface area contributed by atoms with Gasteiger partial charge in [0.1, 0.15) is 28.7 Å². The van der Waals surface area contributed by atoms with Crippen molar-refractivity contribution in [3.63, 3.8) is 0 Å². The van der Waals surface area contributed by atoms with Crippen molar-refractivity contribution in [3.05, 3.63) is 70.8 Å². The predicted molar refractivity (Wildman–Crippen MR) is 154 cm³/mol. The van der Waals surface area contributed by atoms with Gasteiger partial charge in [0, 0.05) is 29.3 Å². The average molecular weight is 607 g/mol. The molecule has 0 unspecified atom stereocenters. The van der Waals surface area contributed by atoms with Crippen LogP contribution >= 0.6 is 0 Å². The molecular weight excluding hydrogens is 576 g/mol. The van der Waals surface area contributed by atoms with Crippen LogP contribution in [0.4, 0.5) is 17.6 Å². The van der Waals surface area contributed by atoms with Gasteiger partial charge in [-0.15, -0.1) is 5.10 Å². The Kier molecular flexibility index (Phi) is 7.42. The summed E-state index contributed by atoms with van der Waals surface area (Å²) >= 11 is 0. The Balaban J connectivity index is 1.54. The number of nitrogens with zero attached hydrogens (tertiary/aromatic N) is 5. The van der Waals surface area contributed by atoms with Crippen LogP contribution in [-0.2, 0) is 6.54 Å². The van der Waals surface area contributed by atoms with Gasteiger partial charge in [-0.1, -0.05) is 17.3 Å². The first-order valence-electron chi connectivity index (χ1n) is 14.3. The molecule has 2 aliphatic heterocycles. The van der Waals surface area contributed by atoms with Gasteiger partial charge in [-0.3, -0.25) is 4.79 Å². The van der Waals surface area contributed by atoms with Crippen LogP contribution < -0.4 is 5.73 Å². The minimum absolute atomic E-state index is 0.00769. The fourth-order valence-corrected chi connectivity index (χ4v) is 6.65. The van der Waals surface area contributed by atoms with E-state index in [-0.39, 0.29) is 75.0 Å². The number of amides is 1. The third kappa shape index (κ3) is 5.20. The number of aliphatic hydroxyl groups is 1. The maximum Gasteiger partial charge on any atom is 0.268 e. The lowest BCUT2D eigenvalue weighted by atomic mass is 9.90. The number of benzene rings is 3. The Bertz CT molecular complexity index is 1810. The van der Waals surface area contributed by atoms with Crippen LogP contribution in [0.25, 0.3) is 33.3 Å². The van der Waals surface area contributed by atoms with E-state index in [0.29, 0.717) is 12.8 Å². The largest absolute Gasteiger partial charge is 0.389 e. The Labute approximate surface area is 250 Å². The van der Waals surface area contributed by atoms with E-state index < -0.39 is 29.2 Å². The summed E-state index contributed by atoms with van der Waals surface area (Å²) in [7, 11) is 0. The lowest BCUT2D eigenvalue weighted by molar-refractivity contribution is 0.0570. The Hall–Kier alpha value is -4.34. The highest BCUT2D eigenvalue weighted by Crippen LogP contribution is 2.42. The monoisotopic (exact) mass is 606 g/mol. The summed E-state index contributed by atoms with van der Waals surface area (Å²) in [5.74, 6) is -2.30. The SMILES string of the molecule is CC(C)(O)Cn1nnc2cc(-c3ccc(C(=O)N4[C@@H]5CC[C@H]4C[C@@H](N)C5)cc3-c3ccc(C#N)c(F)c3)c(F)c(C(F)F)c21. The van der Waals surface area contributed by atoms with Crippen LogP contribution in [0.1, 0.15) is 67.4 Å². The number of alkyl halides is 2. The van der Waals surface area contributed by atoms with Gasteiger partial charge in [-0.2, -0.15) is 5.26 Å². The van der Waals surface area contributed by atoms with E-state index in [1.165, 1.54) is 50.2 Å². The van der Waals surface area contributed by atoms with Crippen molar-refractivity contribution in [1.82, 2.24) is 19.9 Å². The van der Waals surface area contributed by atoms with Crippen LogP contribution in [0.15, 0.2) is 42.5 Å². The fourth-order valence-electron chi connectivity index (χ4n) is 6.65. The van der Waals surface area contributed by atoms with E-state index in [4.69, 9.17) is 5.73 Å². The van der Waals surface area contributed by atoms with E-state index in [0.717, 1.165) is 23.6 Å². The third-order valence-corrected chi connectivity index (χ3v) is 8.49. The van der Waals surface area contributed by atoms with E-state index in [9.17, 15) is 28.3 Å². The molecule has 2 saturated heterocycles. The number of aromatic nitrogens is 3. The average Bonchev–Trinajstić information content (AvgIpc) is 3.47. The third-order valence-electron chi connectivity index (χ3n) is 8.49. The quantitative estimate of drug-likeness (QED) is 0.271. The van der Waals surface area contributed by atoms with E-state index >= 15 is 4.39 Å². The van der Waals surface area contributed by atoms with Crippen LogP contribution in [-0.4, -0.2) is 54.6 Å². The number of hydrogen-bond donors (Lipinski definition) is 2. The molecule has 0 aliphatic carbocycles. The number of rotatable bonds is 6. The molecule has 2 fully saturated rings. The molecule has 3 aromatic carbocycles. The second kappa shape index (κ2) is 11.0. The molecule has 12 heteroatoms. The topological polar surface area (TPSA) is 121 Å². The summed E-state index contributed by atoms with van der Waals surface area (Å²) < 4.78 is 61.0. The van der Waals surface area contributed by atoms with Gasteiger partial charge in [0.2, 0.25) is 0 Å². The normalized spacial score (nSPS) is 20.0. The standard InChI is InChI=1S/C32H30F4N6O2/c1-32(2,44)15-41-29-26(39-40-41)13-24(28(34)27(29)30(35)36)22-8-5-17(9-23(22)16-3-4-18(14-37)25(33)10-16)31(43)42-20-6-7-21(42)12-19(38)11-20/h3-5,8-10,13,19-21,30,44H,6-7,11-12,15,38H2,1-2H3/t19-,20+,21-. The number of halogens is 4. The molecule has 228 valence electrons. The molecule has 3 atom stereocenters. The van der Waals surface area contributed by atoms with Crippen molar-refractivity contribution in [2.75, 3.05) is 0 Å². The second-order valence-electron chi connectivity index (χ2n) is 12.3. The van der Waals surface area contributed by atoms with Gasteiger partial charge in [-0.05, 0) is 86.6 Å². The summed E-state index contributed by atoms with van der Waals surface area (Å²) in [5.41, 5.74) is 3.99. The van der Waals surface area contributed by atoms with Gasteiger partial charge in [0.25, 0.3) is 12.3 Å². The minimum atomic E-state index is -3.26. The molecule has 44 heavy (non-hydrogen) atoms. The highest BCUT2D eigenvalue weighted by molar-refractivity contribution is 5.99. The van der Waals surface area contributed by atoms with Crippen LogP contribution in [0, 0.1) is 23.0 Å². The van der Waals surface area contributed by atoms with Gasteiger partial charge in [-0.25, -0.2) is 22.2 Å². The smallest absolute Gasteiger partial charge is 0.268 e. The molecule has 0 saturated carbocycles. The predicted octanol–water partition coefficient (Wildman–Crippen LogP) is 5.72. The summed E-state index contributed by atoms with van der Waals surface area (Å²) in [5, 5.41) is 27.4. The van der Waals surface area contributed by atoms with Crippen LogP contribution in [0.3, 0.4) is 0 Å². The van der Waals surface area contributed by atoms with Crippen molar-refractivity contribution in [2.45, 2.75) is 76.2 Å². The summed E-state index contributed by atoms with van der Waals surface area (Å²) in [6, 6.07) is 11.3. The Morgan fingerprint density at radius 3 is 2.41 bits per heavy atom. The molecule has 0 spiro atoms. The molecule has 8 nitrogen and oxygen atoms in total. The maximum absolute atomic E-state index is 16.2. The maximum atomic E-state index is 16.2. The van der Waals surface area contributed by atoms with Gasteiger partial charge < -0.3 is 15.7 Å². The van der Waals surface area contributed by atoms with E-state index in [1.54, 1.807) is 6.07 Å². The van der Waals surface area contributed by atoms with Crippen molar-refractivity contribution in [3.8, 4) is 28.3 Å². The first-order valence-corrected chi connectivity index (χ1v) is 14.3. The fraction of sp³-hybridized carbons (Fsp3) is 0.375. The second-order valence-corrected chi connectivity index (χ2v) is 12.3. The zero-order valence-electron chi connectivity index (χ0n) is 24.1. The highest BCUT2D eigenvalue weighted by atomic mass is 19.3. The van der Waals surface area contributed by atoms with Crippen molar-refractivity contribution in [2.24, 2.45) is 5.73 Å². The molecule has 0 radical (unpaired) electrons. The number of fused-ring (bicyclic) bond motifs is 3. The number of piperidine rings is 1. The lowest BCUT2D eigenvalue weighted by Gasteiger charge is -2.38. The first kappa shape index (κ1) is 29.7. The van der Waals surface area contributed by atoms with Crippen LogP contribution in [0.2, 0.25) is 0 Å². The number of nitrogens with two attached hydrogens (primary N) is 1. The zero-order valence-corrected chi connectivity index (χ0v) is 24.1. The number of carbonyl (C=O) groups excluding carboxylic acids is 1. The summed E-state index contributed by atoms with van der Waals surface area (Å²) in [6.07, 6.45) is -0.209. The Morgan fingerprint density at radius 2 is 1.80 bits per heavy atom. The zero-order chi connectivity index (χ0) is 31.5. The molecule has 2 bridgehead atoms. The van der Waals surface area contributed by atoms with Gasteiger partial charge in [0.15, 0.2) is 0 Å². The molecule has 1 aromatic heterocycles. The Morgan fingerprint density at radius 1 is 1.09 bits per heavy atom. The molecular formula is C32H30F4N6O2.